The Hall–Kier alpha value is -6.61. The summed E-state index contributed by atoms with van der Waals surface area (Å²) in [4.78, 5) is 63.4. The minimum absolute atomic E-state index is 0.0636. The van der Waals surface area contributed by atoms with Crippen LogP contribution in [0.1, 0.15) is 87.9 Å². The first-order valence-electron chi connectivity index (χ1n) is 23.7. The number of aromatic nitrogens is 7. The number of imide groups is 1. The third kappa shape index (κ3) is 9.20. The first kappa shape index (κ1) is 45.2. The summed E-state index contributed by atoms with van der Waals surface area (Å²) in [7, 11) is 0. The molecule has 10 rings (SSSR count). The molecule has 68 heavy (non-hydrogen) atoms. The number of likely N-dealkylation sites (tertiary alicyclic amines) is 2. The molecule has 4 N–H and O–H groups in total. The number of anilines is 3. The van der Waals surface area contributed by atoms with Gasteiger partial charge in [-0.2, -0.15) is 5.10 Å². The number of benzene rings is 1. The maximum atomic E-state index is 15.3. The van der Waals surface area contributed by atoms with Gasteiger partial charge in [-0.25, -0.2) is 38.2 Å². The molecule has 5 aromatic rings. The fourth-order valence-corrected chi connectivity index (χ4v) is 10.0. The molecule has 1 atom stereocenters. The second-order valence-electron chi connectivity index (χ2n) is 18.4. The molecule has 5 aliphatic rings. The van der Waals surface area contributed by atoms with Gasteiger partial charge in [-0.1, -0.05) is 18.7 Å². The van der Waals surface area contributed by atoms with Crippen molar-refractivity contribution in [1.82, 2.24) is 54.9 Å². The zero-order chi connectivity index (χ0) is 47.1. The van der Waals surface area contributed by atoms with Crippen molar-refractivity contribution < 1.29 is 32.4 Å². The van der Waals surface area contributed by atoms with Crippen LogP contribution in [0.5, 0.6) is 0 Å². The number of amides is 3. The number of allylic oxidation sites excluding steroid dienone is 1. The monoisotopic (exact) mass is 934 g/mol. The van der Waals surface area contributed by atoms with Crippen LogP contribution in [0.15, 0.2) is 42.0 Å². The van der Waals surface area contributed by atoms with Gasteiger partial charge in [-0.3, -0.25) is 24.7 Å². The molecule has 0 spiro atoms. The van der Waals surface area contributed by atoms with Crippen LogP contribution in [-0.4, -0.2) is 145 Å². The van der Waals surface area contributed by atoms with E-state index in [9.17, 15) is 14.4 Å². The zero-order valence-electron chi connectivity index (χ0n) is 38.1. The largest absolute Gasteiger partial charge is 0.448 e. The highest BCUT2D eigenvalue weighted by atomic mass is 19.1. The van der Waals surface area contributed by atoms with Crippen molar-refractivity contribution in [2.75, 3.05) is 81.5 Å². The second kappa shape index (κ2) is 19.2. The third-order valence-corrected chi connectivity index (χ3v) is 14.1. The summed E-state index contributed by atoms with van der Waals surface area (Å²) in [6.07, 6.45) is 11.3. The maximum Gasteiger partial charge on any atom is 0.409 e. The van der Waals surface area contributed by atoms with Gasteiger partial charge in [0.15, 0.2) is 28.9 Å². The predicted octanol–water partition coefficient (Wildman–Crippen LogP) is 5.38. The Morgan fingerprint density at radius 1 is 0.912 bits per heavy atom. The van der Waals surface area contributed by atoms with Gasteiger partial charge in [-0.05, 0) is 88.1 Å². The Labute approximate surface area is 391 Å². The molecule has 1 aliphatic carbocycles. The smallest absolute Gasteiger partial charge is 0.409 e. The standard InChI is InChI=1S/C47H56F2N14O5/c1-3-27(2)63-45-38(43(50)53-26-54-45)39(57-63)40-37(42(68-58-40)29-4-5-29)44-51-24-30(25-52-44)28-8-14-62(15-9-28)47(66)67-21-20-59-12-10-32(11-13-59)60-16-18-61(19-17-60)41-33(48)22-31(23-34(41)49)55-35-6-7-36(64)56-46(35)65/h22-26,28-29,32,35,55H,2-21H2,1H3,(H2,50,53,54)(H,56,64,65). The molecule has 0 radical (unpaired) electrons. The number of carbonyl (C=O) groups excluding carboxylic acids is 3. The van der Waals surface area contributed by atoms with Crippen molar-refractivity contribution in [3.8, 4) is 22.8 Å². The fraction of sp³-hybridized carbons (Fsp3) is 0.511. The first-order valence-corrected chi connectivity index (χ1v) is 23.7. The molecular weight excluding hydrogens is 879 g/mol. The van der Waals surface area contributed by atoms with Crippen molar-refractivity contribution >= 4 is 51.8 Å². The van der Waals surface area contributed by atoms with Crippen molar-refractivity contribution in [2.24, 2.45) is 0 Å². The van der Waals surface area contributed by atoms with E-state index in [1.54, 1.807) is 14.5 Å². The minimum Gasteiger partial charge on any atom is -0.448 e. The number of nitrogens with one attached hydrogen (secondary N) is 2. The second-order valence-corrected chi connectivity index (χ2v) is 18.4. The van der Waals surface area contributed by atoms with Gasteiger partial charge in [-0.15, -0.1) is 0 Å². The molecule has 4 aromatic heterocycles. The van der Waals surface area contributed by atoms with E-state index in [1.165, 1.54) is 18.5 Å². The van der Waals surface area contributed by atoms with Crippen LogP contribution in [0.2, 0.25) is 0 Å². The first-order chi connectivity index (χ1) is 33.0. The third-order valence-electron chi connectivity index (χ3n) is 14.1. The number of carbonyl (C=O) groups is 3. The summed E-state index contributed by atoms with van der Waals surface area (Å²) in [6, 6.07) is 2.06. The minimum atomic E-state index is -0.730. The maximum absolute atomic E-state index is 15.3. The normalized spacial score (nSPS) is 20.2. The highest BCUT2D eigenvalue weighted by Crippen LogP contribution is 2.48. The number of nitrogens with two attached hydrogens (primary N) is 1. The summed E-state index contributed by atoms with van der Waals surface area (Å²) in [5, 5.41) is 15.0. The average Bonchev–Trinajstić information content (AvgIpc) is 3.98. The molecule has 3 amide bonds. The number of piperidine rings is 3. The Kier molecular flexibility index (Phi) is 12.7. The van der Waals surface area contributed by atoms with Gasteiger partial charge in [0, 0.05) is 88.0 Å². The lowest BCUT2D eigenvalue weighted by atomic mass is 9.91. The Balaban J connectivity index is 0.668. The van der Waals surface area contributed by atoms with E-state index in [0.717, 1.165) is 68.6 Å². The van der Waals surface area contributed by atoms with Gasteiger partial charge in [0.1, 0.15) is 41.9 Å². The molecule has 4 aliphatic heterocycles. The number of nitrogen functional groups attached to an aromatic ring is 1. The number of hydrogen-bond donors (Lipinski definition) is 3. The highest BCUT2D eigenvalue weighted by molar-refractivity contribution is 6.02. The predicted molar refractivity (Wildman–Crippen MR) is 248 cm³/mol. The van der Waals surface area contributed by atoms with E-state index in [2.05, 4.69) is 42.1 Å². The SMILES string of the molecule is C=C(CC)n1nc(-c2noc(C3CC3)c2-c2ncc(C3CCN(C(=O)OCCN4CCC(N5CCN(c6c(F)cc(NC7CCC(=O)NC7=O)cc6F)CC5)CC4)CC3)cn2)c2c(N)ncnc21. The molecule has 21 heteroatoms. The Morgan fingerprint density at radius 2 is 1.63 bits per heavy atom. The highest BCUT2D eigenvalue weighted by Gasteiger charge is 2.37. The van der Waals surface area contributed by atoms with E-state index >= 15 is 8.78 Å². The van der Waals surface area contributed by atoms with Crippen molar-refractivity contribution in [2.45, 2.75) is 88.6 Å². The van der Waals surface area contributed by atoms with E-state index in [0.29, 0.717) is 98.7 Å². The lowest BCUT2D eigenvalue weighted by molar-refractivity contribution is -0.133. The lowest BCUT2D eigenvalue weighted by Gasteiger charge is -2.43. The number of halogens is 2. The summed E-state index contributed by atoms with van der Waals surface area (Å²) < 4.78 is 43.9. The molecule has 5 fully saturated rings. The van der Waals surface area contributed by atoms with Gasteiger partial charge >= 0.3 is 6.09 Å². The lowest BCUT2D eigenvalue weighted by Crippen LogP contribution is -2.53. The average molecular weight is 935 g/mol. The summed E-state index contributed by atoms with van der Waals surface area (Å²) in [5.74, 6) is -0.337. The fourth-order valence-electron chi connectivity index (χ4n) is 10.0. The molecule has 358 valence electrons. The molecular formula is C47H56F2N14O5. The quantitative estimate of drug-likeness (QED) is 0.126. The van der Waals surface area contributed by atoms with Crippen LogP contribution in [0.25, 0.3) is 39.5 Å². The van der Waals surface area contributed by atoms with Gasteiger partial charge < -0.3 is 30.1 Å². The van der Waals surface area contributed by atoms with Gasteiger partial charge in [0.25, 0.3) is 0 Å². The number of nitrogens with zero attached hydrogens (tertiary/aromatic N) is 11. The van der Waals surface area contributed by atoms with E-state index in [-0.39, 0.29) is 53.9 Å². The van der Waals surface area contributed by atoms with Crippen molar-refractivity contribution in [3.63, 3.8) is 0 Å². The van der Waals surface area contributed by atoms with Gasteiger partial charge in [0.05, 0.1) is 10.9 Å². The molecule has 0 bridgehead atoms. The molecule has 1 aromatic carbocycles. The van der Waals surface area contributed by atoms with Crippen LogP contribution < -0.4 is 21.3 Å². The zero-order valence-corrected chi connectivity index (χ0v) is 38.1. The number of fused-ring (bicyclic) bond motifs is 1. The van der Waals surface area contributed by atoms with Crippen molar-refractivity contribution in [1.29, 1.82) is 0 Å². The number of piperazine rings is 1. The number of rotatable bonds is 13. The van der Waals surface area contributed by atoms with Crippen LogP contribution in [0.3, 0.4) is 0 Å². The van der Waals surface area contributed by atoms with Crippen LogP contribution in [-0.2, 0) is 14.3 Å². The Bertz CT molecular complexity index is 2680. The molecule has 1 unspecified atom stereocenters. The molecule has 8 heterocycles. The molecule has 4 saturated heterocycles. The summed E-state index contributed by atoms with van der Waals surface area (Å²) in [5.41, 5.74) is 10.4. The van der Waals surface area contributed by atoms with Crippen molar-refractivity contribution in [3.05, 3.63) is 60.4 Å². The van der Waals surface area contributed by atoms with E-state index in [1.807, 2.05) is 19.3 Å². The molecule has 19 nitrogen and oxygen atoms in total. The van der Waals surface area contributed by atoms with E-state index < -0.39 is 23.6 Å². The number of ether oxygens (including phenoxy) is 1. The van der Waals surface area contributed by atoms with Crippen LogP contribution >= 0.6 is 0 Å². The summed E-state index contributed by atoms with van der Waals surface area (Å²) in [6.45, 7) is 12.4. The summed E-state index contributed by atoms with van der Waals surface area (Å²) >= 11 is 0. The Morgan fingerprint density at radius 3 is 2.31 bits per heavy atom. The number of hydrogen-bond acceptors (Lipinski definition) is 16. The molecule has 1 saturated carbocycles. The van der Waals surface area contributed by atoms with Gasteiger partial charge in [0.2, 0.25) is 11.8 Å². The van der Waals surface area contributed by atoms with Crippen LogP contribution in [0.4, 0.5) is 30.8 Å². The topological polar surface area (TPSA) is 219 Å². The van der Waals surface area contributed by atoms with Crippen LogP contribution in [0, 0.1) is 11.6 Å². The van der Waals surface area contributed by atoms with E-state index in [4.69, 9.17) is 30.1 Å².